The van der Waals surface area contributed by atoms with Crippen LogP contribution in [-0.4, -0.2) is 32.2 Å². The summed E-state index contributed by atoms with van der Waals surface area (Å²) in [6.07, 6.45) is 3.72. The molecule has 1 unspecified atom stereocenters. The Labute approximate surface area is 88.3 Å². The first-order chi connectivity index (χ1) is 6.68. The number of amides is 1. The van der Waals surface area contributed by atoms with E-state index in [0.29, 0.717) is 6.54 Å². The summed E-state index contributed by atoms with van der Waals surface area (Å²) >= 11 is 4.14. The van der Waals surface area contributed by atoms with E-state index in [1.807, 2.05) is 6.20 Å². The number of rotatable bonds is 1. The monoisotopic (exact) mass is 211 g/mol. The number of fused-ring (bicyclic) bond motifs is 1. The van der Waals surface area contributed by atoms with Crippen LogP contribution < -0.4 is 0 Å². The highest BCUT2D eigenvalue weighted by atomic mass is 32.1. The van der Waals surface area contributed by atoms with Gasteiger partial charge in [0.2, 0.25) is 5.91 Å². The minimum Gasteiger partial charge on any atom is -0.332 e. The van der Waals surface area contributed by atoms with Crippen LogP contribution in [0.3, 0.4) is 0 Å². The van der Waals surface area contributed by atoms with Crippen LogP contribution in [0, 0.1) is 0 Å². The number of hydrogen-bond donors (Lipinski definition) is 1. The SMILES string of the molecule is CC(S)C(=O)N1CCn2ccnc2C1. The molecule has 5 heteroatoms. The zero-order chi connectivity index (χ0) is 10.1. The Morgan fingerprint density at radius 1 is 1.64 bits per heavy atom. The maximum atomic E-state index is 11.6. The summed E-state index contributed by atoms with van der Waals surface area (Å²) in [5, 5.41) is -0.225. The molecule has 1 atom stereocenters. The molecule has 0 saturated carbocycles. The first-order valence-electron chi connectivity index (χ1n) is 4.65. The topological polar surface area (TPSA) is 38.1 Å². The number of aromatic nitrogens is 2. The largest absolute Gasteiger partial charge is 0.332 e. The van der Waals surface area contributed by atoms with Crippen molar-refractivity contribution in [1.82, 2.24) is 14.5 Å². The molecule has 0 bridgehead atoms. The lowest BCUT2D eigenvalue weighted by Crippen LogP contribution is -2.41. The molecule has 1 aliphatic heterocycles. The van der Waals surface area contributed by atoms with Crippen molar-refractivity contribution in [2.45, 2.75) is 25.3 Å². The fourth-order valence-electron chi connectivity index (χ4n) is 1.63. The summed E-state index contributed by atoms with van der Waals surface area (Å²) in [6.45, 7) is 4.00. The molecule has 4 nitrogen and oxygen atoms in total. The van der Waals surface area contributed by atoms with Crippen molar-refractivity contribution < 1.29 is 4.79 Å². The third-order valence-electron chi connectivity index (χ3n) is 2.41. The molecule has 76 valence electrons. The molecule has 2 heterocycles. The van der Waals surface area contributed by atoms with E-state index in [-0.39, 0.29) is 11.2 Å². The van der Waals surface area contributed by atoms with Gasteiger partial charge in [-0.2, -0.15) is 12.6 Å². The van der Waals surface area contributed by atoms with E-state index in [0.717, 1.165) is 18.9 Å². The van der Waals surface area contributed by atoms with Crippen molar-refractivity contribution in [3.8, 4) is 0 Å². The van der Waals surface area contributed by atoms with E-state index in [2.05, 4.69) is 22.2 Å². The molecule has 0 saturated heterocycles. The molecule has 0 aromatic carbocycles. The number of imidazole rings is 1. The second-order valence-corrected chi connectivity index (χ2v) is 4.25. The normalized spacial score (nSPS) is 17.7. The van der Waals surface area contributed by atoms with Crippen LogP contribution >= 0.6 is 12.6 Å². The van der Waals surface area contributed by atoms with Crippen LogP contribution in [0.1, 0.15) is 12.7 Å². The highest BCUT2D eigenvalue weighted by Gasteiger charge is 2.22. The van der Waals surface area contributed by atoms with Crippen molar-refractivity contribution in [2.75, 3.05) is 6.54 Å². The molecule has 0 fully saturated rings. The zero-order valence-corrected chi connectivity index (χ0v) is 8.94. The van der Waals surface area contributed by atoms with Crippen molar-refractivity contribution in [3.63, 3.8) is 0 Å². The molecular weight excluding hydrogens is 198 g/mol. The van der Waals surface area contributed by atoms with E-state index >= 15 is 0 Å². The van der Waals surface area contributed by atoms with Gasteiger partial charge in [-0.25, -0.2) is 4.98 Å². The molecular formula is C9H13N3OS. The number of nitrogens with zero attached hydrogens (tertiary/aromatic N) is 3. The molecule has 1 amide bonds. The molecule has 0 radical (unpaired) electrons. The van der Waals surface area contributed by atoms with Crippen LogP contribution in [0.15, 0.2) is 12.4 Å². The Bertz CT molecular complexity index is 348. The molecule has 0 N–H and O–H groups in total. The maximum Gasteiger partial charge on any atom is 0.235 e. The minimum absolute atomic E-state index is 0.0857. The summed E-state index contributed by atoms with van der Waals surface area (Å²) in [6, 6.07) is 0. The van der Waals surface area contributed by atoms with Gasteiger partial charge in [-0.1, -0.05) is 0 Å². The molecule has 2 rings (SSSR count). The predicted molar refractivity (Wildman–Crippen MR) is 56.1 cm³/mol. The van der Waals surface area contributed by atoms with E-state index in [9.17, 15) is 4.79 Å². The van der Waals surface area contributed by atoms with Gasteiger partial charge < -0.3 is 9.47 Å². The van der Waals surface area contributed by atoms with Crippen molar-refractivity contribution in [2.24, 2.45) is 0 Å². The smallest absolute Gasteiger partial charge is 0.235 e. The average Bonchev–Trinajstić information content (AvgIpc) is 2.62. The van der Waals surface area contributed by atoms with Gasteiger partial charge in [0, 0.05) is 25.5 Å². The fourth-order valence-corrected chi connectivity index (χ4v) is 1.79. The van der Waals surface area contributed by atoms with E-state index in [1.165, 1.54) is 0 Å². The lowest BCUT2D eigenvalue weighted by Gasteiger charge is -2.28. The molecule has 0 aliphatic carbocycles. The minimum atomic E-state index is -0.225. The van der Waals surface area contributed by atoms with Gasteiger partial charge in [0.1, 0.15) is 5.82 Å². The third-order valence-corrected chi connectivity index (χ3v) is 2.63. The second kappa shape index (κ2) is 3.65. The van der Waals surface area contributed by atoms with Crippen LogP contribution in [0.25, 0.3) is 0 Å². The van der Waals surface area contributed by atoms with E-state index < -0.39 is 0 Å². The standard InChI is InChI=1S/C9H13N3OS/c1-7(14)9(13)12-5-4-11-3-2-10-8(11)6-12/h2-3,7,14H,4-6H2,1H3. The van der Waals surface area contributed by atoms with Crippen LogP contribution in [0.5, 0.6) is 0 Å². The Hall–Kier alpha value is -0.970. The summed E-state index contributed by atoms with van der Waals surface area (Å²) in [7, 11) is 0. The van der Waals surface area contributed by atoms with Gasteiger partial charge in [-0.3, -0.25) is 4.79 Å². The van der Waals surface area contributed by atoms with Gasteiger partial charge >= 0.3 is 0 Å². The second-order valence-electron chi connectivity index (χ2n) is 3.47. The summed E-state index contributed by atoms with van der Waals surface area (Å²) in [5.41, 5.74) is 0. The number of hydrogen-bond acceptors (Lipinski definition) is 3. The van der Waals surface area contributed by atoms with Crippen molar-refractivity contribution in [1.29, 1.82) is 0 Å². The summed E-state index contributed by atoms with van der Waals surface area (Å²) in [4.78, 5) is 17.6. The van der Waals surface area contributed by atoms with Gasteiger partial charge in [-0.05, 0) is 6.92 Å². The first-order valence-corrected chi connectivity index (χ1v) is 5.17. The number of carbonyl (C=O) groups is 1. The average molecular weight is 211 g/mol. The maximum absolute atomic E-state index is 11.6. The highest BCUT2D eigenvalue weighted by molar-refractivity contribution is 7.81. The van der Waals surface area contributed by atoms with E-state index in [4.69, 9.17) is 0 Å². The Kier molecular flexibility index (Phi) is 2.50. The van der Waals surface area contributed by atoms with Gasteiger partial charge in [0.05, 0.1) is 11.8 Å². The Morgan fingerprint density at radius 2 is 2.43 bits per heavy atom. The van der Waals surface area contributed by atoms with Crippen LogP contribution in [0.2, 0.25) is 0 Å². The lowest BCUT2D eigenvalue weighted by atomic mass is 10.3. The van der Waals surface area contributed by atoms with Gasteiger partial charge in [-0.15, -0.1) is 0 Å². The molecule has 1 aliphatic rings. The first kappa shape index (κ1) is 9.58. The molecule has 1 aromatic rings. The molecule has 0 spiro atoms. The van der Waals surface area contributed by atoms with Gasteiger partial charge in [0.25, 0.3) is 0 Å². The number of carbonyl (C=O) groups excluding carboxylic acids is 1. The lowest BCUT2D eigenvalue weighted by molar-refractivity contribution is -0.131. The van der Waals surface area contributed by atoms with Crippen molar-refractivity contribution >= 4 is 18.5 Å². The van der Waals surface area contributed by atoms with Crippen LogP contribution in [-0.2, 0) is 17.9 Å². The van der Waals surface area contributed by atoms with Gasteiger partial charge in [0.15, 0.2) is 0 Å². The van der Waals surface area contributed by atoms with E-state index in [1.54, 1.807) is 18.0 Å². The molecule has 1 aromatic heterocycles. The quantitative estimate of drug-likeness (QED) is 0.689. The summed E-state index contributed by atoms with van der Waals surface area (Å²) in [5.74, 6) is 1.04. The predicted octanol–water partition coefficient (Wildman–Crippen LogP) is 0.544. The Morgan fingerprint density at radius 3 is 3.14 bits per heavy atom. The third kappa shape index (κ3) is 1.64. The summed E-state index contributed by atoms with van der Waals surface area (Å²) < 4.78 is 2.08. The van der Waals surface area contributed by atoms with Crippen molar-refractivity contribution in [3.05, 3.63) is 18.2 Å². The Balaban J connectivity index is 2.11. The molecule has 14 heavy (non-hydrogen) atoms. The zero-order valence-electron chi connectivity index (χ0n) is 8.05. The highest BCUT2D eigenvalue weighted by Crippen LogP contribution is 2.12. The van der Waals surface area contributed by atoms with Crippen LogP contribution in [0.4, 0.5) is 0 Å². The number of thiol groups is 1. The fraction of sp³-hybridized carbons (Fsp3) is 0.556.